The summed E-state index contributed by atoms with van der Waals surface area (Å²) in [5, 5.41) is 14.9. The van der Waals surface area contributed by atoms with Crippen LogP contribution in [0.15, 0.2) is 42.5 Å². The van der Waals surface area contributed by atoms with Crippen molar-refractivity contribution in [3.05, 3.63) is 42.5 Å². The molecule has 3 heteroatoms. The first-order valence-corrected chi connectivity index (χ1v) is 6.24. The van der Waals surface area contributed by atoms with Gasteiger partial charge in [-0.1, -0.05) is 42.3 Å². The average Bonchev–Trinajstić information content (AvgIpc) is 2.45. The first-order chi connectivity index (χ1) is 9.31. The van der Waals surface area contributed by atoms with E-state index >= 15 is 0 Å². The van der Waals surface area contributed by atoms with Gasteiger partial charge in [-0.15, -0.1) is 6.42 Å². The Hall–Kier alpha value is -2.02. The molecule has 0 saturated carbocycles. The molecule has 0 aromatic heterocycles. The molecule has 0 aliphatic rings. The lowest BCUT2D eigenvalue weighted by atomic mass is 10.1. The summed E-state index contributed by atoms with van der Waals surface area (Å²) in [6, 6.07) is 13.9. The Balaban J connectivity index is 1.96. The minimum Gasteiger partial charge on any atom is -0.490 e. The smallest absolute Gasteiger partial charge is 0.127 e. The third kappa shape index (κ3) is 3.72. The Morgan fingerprint density at radius 2 is 2.00 bits per heavy atom. The number of rotatable bonds is 6. The molecule has 0 bridgehead atoms. The molecule has 0 fully saturated rings. The number of hydrogen-bond donors (Lipinski definition) is 2. The highest BCUT2D eigenvalue weighted by Crippen LogP contribution is 2.25. The van der Waals surface area contributed by atoms with Gasteiger partial charge in [0.15, 0.2) is 0 Å². The monoisotopic (exact) mass is 255 g/mol. The summed E-state index contributed by atoms with van der Waals surface area (Å²) in [5.41, 5.74) is 0. The second-order valence-corrected chi connectivity index (χ2v) is 4.28. The van der Waals surface area contributed by atoms with Crippen LogP contribution in [0.2, 0.25) is 0 Å². The van der Waals surface area contributed by atoms with Crippen molar-refractivity contribution in [3.8, 4) is 18.1 Å². The Morgan fingerprint density at radius 1 is 1.21 bits per heavy atom. The summed E-state index contributed by atoms with van der Waals surface area (Å²) in [4.78, 5) is 0. The van der Waals surface area contributed by atoms with Crippen LogP contribution in [0.25, 0.3) is 10.8 Å². The van der Waals surface area contributed by atoms with Gasteiger partial charge < -0.3 is 15.2 Å². The van der Waals surface area contributed by atoms with Gasteiger partial charge in [0.1, 0.15) is 18.5 Å². The van der Waals surface area contributed by atoms with Crippen LogP contribution in [-0.4, -0.2) is 30.9 Å². The molecular formula is C16H17NO2. The lowest BCUT2D eigenvalue weighted by Gasteiger charge is -2.13. The van der Waals surface area contributed by atoms with E-state index in [9.17, 15) is 5.11 Å². The number of hydrogen-bond acceptors (Lipinski definition) is 3. The third-order valence-corrected chi connectivity index (χ3v) is 2.79. The minimum absolute atomic E-state index is 0.242. The van der Waals surface area contributed by atoms with E-state index in [4.69, 9.17) is 11.2 Å². The number of nitrogens with one attached hydrogen (secondary N) is 1. The Labute approximate surface area is 113 Å². The molecule has 0 heterocycles. The molecule has 0 spiro atoms. The van der Waals surface area contributed by atoms with Gasteiger partial charge in [0.05, 0.1) is 6.54 Å². The van der Waals surface area contributed by atoms with Crippen molar-refractivity contribution in [1.29, 1.82) is 0 Å². The number of ether oxygens (including phenoxy) is 1. The maximum atomic E-state index is 9.75. The normalized spacial score (nSPS) is 12.0. The maximum absolute atomic E-state index is 9.75. The van der Waals surface area contributed by atoms with Crippen LogP contribution in [0.4, 0.5) is 0 Å². The molecule has 19 heavy (non-hydrogen) atoms. The molecule has 2 aromatic carbocycles. The van der Waals surface area contributed by atoms with Gasteiger partial charge in [0.2, 0.25) is 0 Å². The van der Waals surface area contributed by atoms with E-state index in [1.165, 1.54) is 0 Å². The van der Waals surface area contributed by atoms with E-state index in [0.29, 0.717) is 13.1 Å². The summed E-state index contributed by atoms with van der Waals surface area (Å²) >= 11 is 0. The average molecular weight is 255 g/mol. The van der Waals surface area contributed by atoms with Crippen LogP contribution in [0.5, 0.6) is 5.75 Å². The van der Waals surface area contributed by atoms with Crippen molar-refractivity contribution >= 4 is 10.8 Å². The zero-order chi connectivity index (χ0) is 13.5. The van der Waals surface area contributed by atoms with E-state index in [1.54, 1.807) is 0 Å². The summed E-state index contributed by atoms with van der Waals surface area (Å²) in [6.07, 6.45) is 4.54. The van der Waals surface area contributed by atoms with Gasteiger partial charge in [0.25, 0.3) is 0 Å². The molecular weight excluding hydrogens is 238 g/mol. The molecule has 3 nitrogen and oxygen atoms in total. The van der Waals surface area contributed by atoms with E-state index in [1.807, 2.05) is 42.5 Å². The molecule has 2 N–H and O–H groups in total. The van der Waals surface area contributed by atoms with Crippen LogP contribution in [-0.2, 0) is 0 Å². The summed E-state index contributed by atoms with van der Waals surface area (Å²) in [6.45, 7) is 1.12. The van der Waals surface area contributed by atoms with Crippen molar-refractivity contribution in [2.24, 2.45) is 0 Å². The van der Waals surface area contributed by atoms with Crippen LogP contribution in [0.3, 0.4) is 0 Å². The summed E-state index contributed by atoms with van der Waals surface area (Å²) in [5.74, 6) is 3.24. The molecule has 2 rings (SSSR count). The number of benzene rings is 2. The first kappa shape index (κ1) is 13.4. The zero-order valence-electron chi connectivity index (χ0n) is 10.7. The van der Waals surface area contributed by atoms with Gasteiger partial charge in [-0.25, -0.2) is 0 Å². The van der Waals surface area contributed by atoms with Crippen molar-refractivity contribution in [2.75, 3.05) is 19.7 Å². The second kappa shape index (κ2) is 6.79. The van der Waals surface area contributed by atoms with Crippen LogP contribution in [0.1, 0.15) is 0 Å². The number of terminal acetylenes is 1. The third-order valence-electron chi connectivity index (χ3n) is 2.79. The zero-order valence-corrected chi connectivity index (χ0v) is 10.7. The van der Waals surface area contributed by atoms with E-state index < -0.39 is 6.10 Å². The quantitative estimate of drug-likeness (QED) is 0.611. The second-order valence-electron chi connectivity index (χ2n) is 4.28. The largest absolute Gasteiger partial charge is 0.490 e. The topological polar surface area (TPSA) is 41.5 Å². The lowest BCUT2D eigenvalue weighted by molar-refractivity contribution is 0.108. The van der Waals surface area contributed by atoms with Crippen molar-refractivity contribution in [2.45, 2.75) is 6.10 Å². The molecule has 0 amide bonds. The standard InChI is InChI=1S/C16H17NO2/c1-2-10-17-11-14(18)12-19-16-9-5-7-13-6-3-4-8-15(13)16/h1,3-9,14,17-18H,10-12H2. The molecule has 0 radical (unpaired) electrons. The minimum atomic E-state index is -0.577. The predicted octanol–water partition coefficient (Wildman–Crippen LogP) is 1.80. The van der Waals surface area contributed by atoms with Crippen molar-refractivity contribution < 1.29 is 9.84 Å². The van der Waals surface area contributed by atoms with E-state index in [-0.39, 0.29) is 6.61 Å². The van der Waals surface area contributed by atoms with Gasteiger partial charge in [-0.3, -0.25) is 0 Å². The molecule has 98 valence electrons. The number of fused-ring (bicyclic) bond motifs is 1. The Kier molecular flexibility index (Phi) is 4.79. The van der Waals surface area contributed by atoms with E-state index in [2.05, 4.69) is 11.2 Å². The highest BCUT2D eigenvalue weighted by Gasteiger charge is 2.06. The molecule has 1 unspecified atom stereocenters. The number of aliphatic hydroxyl groups is 1. The van der Waals surface area contributed by atoms with Crippen molar-refractivity contribution in [3.63, 3.8) is 0 Å². The summed E-state index contributed by atoms with van der Waals surface area (Å²) < 4.78 is 5.67. The van der Waals surface area contributed by atoms with E-state index in [0.717, 1.165) is 16.5 Å². The molecule has 2 aromatic rings. The van der Waals surface area contributed by atoms with Crippen LogP contribution < -0.4 is 10.1 Å². The predicted molar refractivity (Wildman–Crippen MR) is 77.2 cm³/mol. The SMILES string of the molecule is C#CCNCC(O)COc1cccc2ccccc12. The molecule has 0 aliphatic heterocycles. The lowest BCUT2D eigenvalue weighted by Crippen LogP contribution is -2.31. The summed E-state index contributed by atoms with van der Waals surface area (Å²) in [7, 11) is 0. The number of aliphatic hydroxyl groups excluding tert-OH is 1. The van der Waals surface area contributed by atoms with Crippen molar-refractivity contribution in [1.82, 2.24) is 5.32 Å². The molecule has 1 atom stereocenters. The van der Waals surface area contributed by atoms with Crippen LogP contribution in [0, 0.1) is 12.3 Å². The van der Waals surface area contributed by atoms with Gasteiger partial charge >= 0.3 is 0 Å². The highest BCUT2D eigenvalue weighted by molar-refractivity contribution is 5.88. The fourth-order valence-electron chi connectivity index (χ4n) is 1.88. The highest BCUT2D eigenvalue weighted by atomic mass is 16.5. The van der Waals surface area contributed by atoms with Gasteiger partial charge in [0, 0.05) is 11.9 Å². The van der Waals surface area contributed by atoms with Crippen LogP contribution >= 0.6 is 0 Å². The Morgan fingerprint density at radius 3 is 2.84 bits per heavy atom. The Bertz CT molecular complexity index is 569. The van der Waals surface area contributed by atoms with Gasteiger partial charge in [-0.2, -0.15) is 0 Å². The maximum Gasteiger partial charge on any atom is 0.127 e. The van der Waals surface area contributed by atoms with Gasteiger partial charge in [-0.05, 0) is 11.5 Å². The molecule has 0 aliphatic carbocycles. The first-order valence-electron chi connectivity index (χ1n) is 6.24. The fraction of sp³-hybridized carbons (Fsp3) is 0.250. The fourth-order valence-corrected chi connectivity index (χ4v) is 1.88. The molecule has 0 saturated heterocycles.